The molecule has 0 atom stereocenters. The van der Waals surface area contributed by atoms with E-state index >= 15 is 0 Å². The Morgan fingerprint density at radius 1 is 1.30 bits per heavy atom. The second-order valence-electron chi connectivity index (χ2n) is 6.17. The highest BCUT2D eigenvalue weighted by Crippen LogP contribution is 2.31. The van der Waals surface area contributed by atoms with Crippen LogP contribution in [0.15, 0.2) is 18.2 Å². The van der Waals surface area contributed by atoms with Crippen LogP contribution in [0.4, 0.5) is 5.69 Å². The zero-order chi connectivity index (χ0) is 14.8. The molecule has 1 aliphatic rings. The molecule has 0 radical (unpaired) electrons. The Kier molecular flexibility index (Phi) is 4.95. The smallest absolute Gasteiger partial charge is 0.0471 e. The molecule has 2 rings (SSSR count). The van der Waals surface area contributed by atoms with Gasteiger partial charge in [-0.15, -0.1) is 0 Å². The van der Waals surface area contributed by atoms with E-state index in [2.05, 4.69) is 55.1 Å². The monoisotopic (exact) mass is 295 g/mol. The fourth-order valence-corrected chi connectivity index (χ4v) is 2.95. The Morgan fingerprint density at radius 3 is 2.70 bits per heavy atom. The van der Waals surface area contributed by atoms with Crippen LogP contribution >= 0.6 is 11.6 Å². The van der Waals surface area contributed by atoms with Gasteiger partial charge in [-0.25, -0.2) is 0 Å². The number of benzene rings is 1. The molecule has 4 heteroatoms. The summed E-state index contributed by atoms with van der Waals surface area (Å²) in [6.07, 6.45) is 0. The molecule has 0 saturated carbocycles. The summed E-state index contributed by atoms with van der Waals surface area (Å²) in [5, 5.41) is 4.25. The van der Waals surface area contributed by atoms with Gasteiger partial charge in [0.1, 0.15) is 0 Å². The average Bonchev–Trinajstić information content (AvgIpc) is 2.40. The Labute approximate surface area is 127 Å². The van der Waals surface area contributed by atoms with E-state index in [1.165, 1.54) is 11.3 Å². The summed E-state index contributed by atoms with van der Waals surface area (Å²) in [7, 11) is 2.20. The summed E-state index contributed by atoms with van der Waals surface area (Å²) >= 11 is 6.41. The minimum atomic E-state index is 0.190. The van der Waals surface area contributed by atoms with E-state index in [-0.39, 0.29) is 5.54 Å². The zero-order valence-corrected chi connectivity index (χ0v) is 13.8. The van der Waals surface area contributed by atoms with Gasteiger partial charge in [0.15, 0.2) is 0 Å². The minimum Gasteiger partial charge on any atom is -0.368 e. The minimum absolute atomic E-state index is 0.190. The third-order valence-electron chi connectivity index (χ3n) is 4.30. The third-order valence-corrected chi connectivity index (χ3v) is 4.66. The van der Waals surface area contributed by atoms with Gasteiger partial charge in [-0.3, -0.25) is 4.90 Å². The lowest BCUT2D eigenvalue weighted by Crippen LogP contribution is -2.57. The van der Waals surface area contributed by atoms with Crippen molar-refractivity contribution in [1.82, 2.24) is 10.2 Å². The quantitative estimate of drug-likeness (QED) is 0.921. The Morgan fingerprint density at radius 2 is 2.05 bits per heavy atom. The van der Waals surface area contributed by atoms with Crippen molar-refractivity contribution >= 4 is 17.3 Å². The summed E-state index contributed by atoms with van der Waals surface area (Å²) in [6, 6.07) is 6.23. The lowest BCUT2D eigenvalue weighted by Gasteiger charge is -2.46. The highest BCUT2D eigenvalue weighted by molar-refractivity contribution is 6.31. The molecule has 112 valence electrons. The summed E-state index contributed by atoms with van der Waals surface area (Å²) in [5.74, 6) is 0. The molecular formula is C16H26ClN3. The largest absolute Gasteiger partial charge is 0.368 e. The number of likely N-dealkylation sites (N-methyl/N-ethyl adjacent to an activating group) is 1. The molecule has 0 bridgehead atoms. The average molecular weight is 296 g/mol. The molecule has 1 saturated heterocycles. The highest BCUT2D eigenvalue weighted by Gasteiger charge is 2.31. The van der Waals surface area contributed by atoms with Crippen LogP contribution in [-0.2, 0) is 6.54 Å². The molecular weight excluding hydrogens is 270 g/mol. The number of anilines is 1. The SMILES string of the molecule is CCNCc1c(Cl)cccc1N1CCN(C)C(C)(C)C1. The first-order valence-corrected chi connectivity index (χ1v) is 7.78. The van der Waals surface area contributed by atoms with Gasteiger partial charge < -0.3 is 10.2 Å². The van der Waals surface area contributed by atoms with Gasteiger partial charge in [-0.05, 0) is 39.6 Å². The first-order valence-electron chi connectivity index (χ1n) is 7.40. The first kappa shape index (κ1) is 15.6. The number of halogens is 1. The Bertz CT molecular complexity index is 459. The van der Waals surface area contributed by atoms with E-state index in [0.29, 0.717) is 0 Å². The van der Waals surface area contributed by atoms with Crippen LogP contribution in [-0.4, -0.2) is 43.7 Å². The van der Waals surface area contributed by atoms with Gasteiger partial charge in [0.2, 0.25) is 0 Å². The van der Waals surface area contributed by atoms with Gasteiger partial charge in [0, 0.05) is 48.0 Å². The van der Waals surface area contributed by atoms with E-state index in [0.717, 1.165) is 37.7 Å². The Hall–Kier alpha value is -0.770. The molecule has 1 aliphatic heterocycles. The number of hydrogen-bond acceptors (Lipinski definition) is 3. The van der Waals surface area contributed by atoms with Crippen molar-refractivity contribution in [2.24, 2.45) is 0 Å². The molecule has 0 unspecified atom stereocenters. The number of nitrogens with zero attached hydrogens (tertiary/aromatic N) is 2. The second-order valence-corrected chi connectivity index (χ2v) is 6.58. The summed E-state index contributed by atoms with van der Waals surface area (Å²) in [6.45, 7) is 11.7. The van der Waals surface area contributed by atoms with E-state index in [1.807, 2.05) is 6.07 Å². The highest BCUT2D eigenvalue weighted by atomic mass is 35.5. The van der Waals surface area contributed by atoms with Crippen molar-refractivity contribution in [2.45, 2.75) is 32.9 Å². The molecule has 1 aromatic rings. The maximum atomic E-state index is 6.41. The van der Waals surface area contributed by atoms with Crippen molar-refractivity contribution in [3.05, 3.63) is 28.8 Å². The summed E-state index contributed by atoms with van der Waals surface area (Å²) < 4.78 is 0. The molecule has 0 amide bonds. The predicted octanol–water partition coefficient (Wildman–Crippen LogP) is 2.98. The number of rotatable bonds is 4. The predicted molar refractivity (Wildman–Crippen MR) is 87.8 cm³/mol. The molecule has 1 aromatic carbocycles. The van der Waals surface area contributed by atoms with Gasteiger partial charge in [0.05, 0.1) is 0 Å². The molecule has 0 spiro atoms. The molecule has 1 N–H and O–H groups in total. The number of piperazine rings is 1. The topological polar surface area (TPSA) is 18.5 Å². The second kappa shape index (κ2) is 6.33. The standard InChI is InChI=1S/C16H26ClN3/c1-5-18-11-13-14(17)7-6-8-15(13)20-10-9-19(4)16(2,3)12-20/h6-8,18H,5,9-12H2,1-4H3. The van der Waals surface area contributed by atoms with Gasteiger partial charge in [-0.2, -0.15) is 0 Å². The van der Waals surface area contributed by atoms with Crippen molar-refractivity contribution < 1.29 is 0 Å². The van der Waals surface area contributed by atoms with E-state index in [1.54, 1.807) is 0 Å². The van der Waals surface area contributed by atoms with Crippen LogP contribution < -0.4 is 10.2 Å². The van der Waals surface area contributed by atoms with Crippen molar-refractivity contribution in [2.75, 3.05) is 38.1 Å². The summed E-state index contributed by atoms with van der Waals surface area (Å²) in [5.41, 5.74) is 2.69. The Balaban J connectivity index is 2.26. The molecule has 1 fully saturated rings. The summed E-state index contributed by atoms with van der Waals surface area (Å²) in [4.78, 5) is 4.90. The lowest BCUT2D eigenvalue weighted by atomic mass is 9.98. The lowest BCUT2D eigenvalue weighted by molar-refractivity contribution is 0.139. The van der Waals surface area contributed by atoms with Crippen LogP contribution in [0, 0.1) is 0 Å². The first-order chi connectivity index (χ1) is 9.45. The molecule has 3 nitrogen and oxygen atoms in total. The number of nitrogens with one attached hydrogen (secondary N) is 1. The molecule has 1 heterocycles. The third kappa shape index (κ3) is 3.27. The molecule has 0 aromatic heterocycles. The maximum absolute atomic E-state index is 6.41. The van der Waals surface area contributed by atoms with E-state index < -0.39 is 0 Å². The van der Waals surface area contributed by atoms with Crippen LogP contribution in [0.3, 0.4) is 0 Å². The molecule has 0 aliphatic carbocycles. The van der Waals surface area contributed by atoms with Crippen molar-refractivity contribution in [1.29, 1.82) is 0 Å². The fraction of sp³-hybridized carbons (Fsp3) is 0.625. The van der Waals surface area contributed by atoms with Gasteiger partial charge >= 0.3 is 0 Å². The zero-order valence-electron chi connectivity index (χ0n) is 13.0. The maximum Gasteiger partial charge on any atom is 0.0471 e. The fourth-order valence-electron chi connectivity index (χ4n) is 2.71. The van der Waals surface area contributed by atoms with Crippen LogP contribution in [0.25, 0.3) is 0 Å². The normalized spacial score (nSPS) is 19.4. The number of hydrogen-bond donors (Lipinski definition) is 1. The molecule has 20 heavy (non-hydrogen) atoms. The van der Waals surface area contributed by atoms with Crippen LogP contribution in [0.1, 0.15) is 26.3 Å². The van der Waals surface area contributed by atoms with Crippen molar-refractivity contribution in [3.8, 4) is 0 Å². The van der Waals surface area contributed by atoms with Crippen LogP contribution in [0.5, 0.6) is 0 Å². The van der Waals surface area contributed by atoms with Crippen LogP contribution in [0.2, 0.25) is 5.02 Å². The van der Waals surface area contributed by atoms with Crippen molar-refractivity contribution in [3.63, 3.8) is 0 Å². The van der Waals surface area contributed by atoms with E-state index in [9.17, 15) is 0 Å². The van der Waals surface area contributed by atoms with E-state index in [4.69, 9.17) is 11.6 Å². The van der Waals surface area contributed by atoms with Gasteiger partial charge in [0.25, 0.3) is 0 Å². The van der Waals surface area contributed by atoms with Gasteiger partial charge in [-0.1, -0.05) is 24.6 Å².